The lowest BCUT2D eigenvalue weighted by Gasteiger charge is -2.22. The standard InChI is InChI=1S/C12H13ClN2OS/c13-8-4-5-10-9(7-8)14-12(16)15(10)11-3-1-2-6-17-11/h4-5,7,11H,1-3,6H2,(H,14,16). The molecule has 5 heteroatoms. The summed E-state index contributed by atoms with van der Waals surface area (Å²) >= 11 is 7.79. The molecule has 1 atom stereocenters. The van der Waals surface area contributed by atoms with Crippen LogP contribution in [0, 0.1) is 0 Å². The molecular formula is C12H13ClN2OS. The second-order valence-corrected chi connectivity index (χ2v) is 6.01. The third-order valence-electron chi connectivity index (χ3n) is 3.12. The van der Waals surface area contributed by atoms with Gasteiger partial charge in [0.05, 0.1) is 16.4 Å². The molecule has 1 aliphatic heterocycles. The Labute approximate surface area is 108 Å². The van der Waals surface area contributed by atoms with Gasteiger partial charge in [0, 0.05) is 5.02 Å². The summed E-state index contributed by atoms with van der Waals surface area (Å²) in [5.41, 5.74) is 1.76. The van der Waals surface area contributed by atoms with E-state index in [1.54, 1.807) is 0 Å². The molecule has 1 saturated heterocycles. The van der Waals surface area contributed by atoms with E-state index in [1.807, 2.05) is 34.5 Å². The summed E-state index contributed by atoms with van der Waals surface area (Å²) in [5.74, 6) is 1.14. The fraction of sp³-hybridized carbons (Fsp3) is 0.417. The highest BCUT2D eigenvalue weighted by Crippen LogP contribution is 2.35. The van der Waals surface area contributed by atoms with Gasteiger partial charge >= 0.3 is 5.69 Å². The van der Waals surface area contributed by atoms with Crippen LogP contribution in [0.3, 0.4) is 0 Å². The van der Waals surface area contributed by atoms with E-state index in [1.165, 1.54) is 12.8 Å². The molecule has 2 aromatic rings. The number of H-pyrrole nitrogens is 1. The van der Waals surface area contributed by atoms with Gasteiger partial charge in [-0.1, -0.05) is 11.6 Å². The van der Waals surface area contributed by atoms with Gasteiger partial charge in [-0.3, -0.25) is 4.57 Å². The molecule has 0 radical (unpaired) electrons. The Kier molecular flexibility index (Phi) is 2.92. The number of hydrogen-bond donors (Lipinski definition) is 1. The van der Waals surface area contributed by atoms with Crippen LogP contribution < -0.4 is 5.69 Å². The van der Waals surface area contributed by atoms with Gasteiger partial charge in [0.1, 0.15) is 0 Å². The SMILES string of the molecule is O=c1[nH]c2cc(Cl)ccc2n1C1CCCCS1. The lowest BCUT2D eigenvalue weighted by atomic mass is 10.2. The number of nitrogens with zero attached hydrogens (tertiary/aromatic N) is 1. The lowest BCUT2D eigenvalue weighted by molar-refractivity contribution is 0.568. The van der Waals surface area contributed by atoms with Gasteiger partial charge in [0.15, 0.2) is 0 Å². The van der Waals surface area contributed by atoms with E-state index in [4.69, 9.17) is 11.6 Å². The zero-order valence-corrected chi connectivity index (χ0v) is 10.9. The molecule has 2 heterocycles. The van der Waals surface area contributed by atoms with Gasteiger partial charge in [-0.25, -0.2) is 4.79 Å². The van der Waals surface area contributed by atoms with Crippen LogP contribution >= 0.6 is 23.4 Å². The summed E-state index contributed by atoms with van der Waals surface area (Å²) in [7, 11) is 0. The first-order valence-corrected chi connectivity index (χ1v) is 7.20. The minimum absolute atomic E-state index is 0.0262. The summed E-state index contributed by atoms with van der Waals surface area (Å²) in [4.78, 5) is 14.9. The van der Waals surface area contributed by atoms with Crippen LogP contribution in [0.4, 0.5) is 0 Å². The normalized spacial score (nSPS) is 20.9. The largest absolute Gasteiger partial charge is 0.327 e. The number of hydrogen-bond acceptors (Lipinski definition) is 2. The van der Waals surface area contributed by atoms with Gasteiger partial charge in [-0.15, -0.1) is 11.8 Å². The number of nitrogens with one attached hydrogen (secondary N) is 1. The molecule has 1 aliphatic rings. The molecule has 1 N–H and O–H groups in total. The van der Waals surface area contributed by atoms with Crippen molar-refractivity contribution in [3.8, 4) is 0 Å². The molecule has 17 heavy (non-hydrogen) atoms. The van der Waals surface area contributed by atoms with Gasteiger partial charge in [0.2, 0.25) is 0 Å². The highest BCUT2D eigenvalue weighted by molar-refractivity contribution is 7.99. The predicted molar refractivity (Wildman–Crippen MR) is 72.9 cm³/mol. The summed E-state index contributed by atoms with van der Waals surface area (Å²) in [6.45, 7) is 0. The summed E-state index contributed by atoms with van der Waals surface area (Å²) in [5, 5.41) is 0.924. The van der Waals surface area contributed by atoms with Crippen molar-refractivity contribution in [3.63, 3.8) is 0 Å². The van der Waals surface area contributed by atoms with Crippen LogP contribution in [-0.2, 0) is 0 Å². The Morgan fingerprint density at radius 1 is 1.41 bits per heavy atom. The van der Waals surface area contributed by atoms with Crippen molar-refractivity contribution in [2.24, 2.45) is 0 Å². The highest BCUT2D eigenvalue weighted by atomic mass is 35.5. The van der Waals surface area contributed by atoms with E-state index >= 15 is 0 Å². The van der Waals surface area contributed by atoms with E-state index < -0.39 is 0 Å². The summed E-state index contributed by atoms with van der Waals surface area (Å²) < 4.78 is 1.87. The molecule has 90 valence electrons. The Morgan fingerprint density at radius 3 is 3.06 bits per heavy atom. The number of rotatable bonds is 1. The van der Waals surface area contributed by atoms with Crippen molar-refractivity contribution in [2.75, 3.05) is 5.75 Å². The third-order valence-corrected chi connectivity index (χ3v) is 4.71. The maximum atomic E-state index is 12.0. The maximum Gasteiger partial charge on any atom is 0.327 e. The number of thioether (sulfide) groups is 1. The van der Waals surface area contributed by atoms with Gasteiger partial charge in [-0.05, 0) is 43.2 Å². The second-order valence-electron chi connectivity index (χ2n) is 4.28. The molecule has 3 nitrogen and oxygen atoms in total. The van der Waals surface area contributed by atoms with Gasteiger partial charge < -0.3 is 4.98 Å². The lowest BCUT2D eigenvalue weighted by Crippen LogP contribution is -2.22. The molecule has 0 aliphatic carbocycles. The molecule has 0 bridgehead atoms. The quantitative estimate of drug-likeness (QED) is 0.861. The molecule has 1 unspecified atom stereocenters. The van der Waals surface area contributed by atoms with Crippen molar-refractivity contribution in [2.45, 2.75) is 24.6 Å². The predicted octanol–water partition coefficient (Wildman–Crippen LogP) is 3.40. The molecule has 1 fully saturated rings. The molecule has 0 saturated carbocycles. The van der Waals surface area contributed by atoms with Crippen LogP contribution in [0.1, 0.15) is 24.6 Å². The summed E-state index contributed by atoms with van der Waals surface area (Å²) in [6.07, 6.45) is 3.52. The molecule has 3 rings (SSSR count). The molecule has 1 aromatic heterocycles. The molecular weight excluding hydrogens is 256 g/mol. The van der Waals surface area contributed by atoms with Crippen LogP contribution in [0.2, 0.25) is 5.02 Å². The number of benzene rings is 1. The zero-order valence-electron chi connectivity index (χ0n) is 9.28. The molecule has 0 amide bonds. The van der Waals surface area contributed by atoms with Gasteiger partial charge in [-0.2, -0.15) is 0 Å². The average Bonchev–Trinajstić information content (AvgIpc) is 2.65. The number of aromatic nitrogens is 2. The van der Waals surface area contributed by atoms with E-state index in [-0.39, 0.29) is 11.1 Å². The Balaban J connectivity index is 2.14. The maximum absolute atomic E-state index is 12.0. The molecule has 0 spiro atoms. The number of aromatic amines is 1. The fourth-order valence-electron chi connectivity index (χ4n) is 2.32. The first-order chi connectivity index (χ1) is 8.25. The Bertz CT molecular complexity index is 598. The third kappa shape index (κ3) is 2.00. The average molecular weight is 269 g/mol. The van der Waals surface area contributed by atoms with E-state index in [0.717, 1.165) is 23.2 Å². The van der Waals surface area contributed by atoms with E-state index in [9.17, 15) is 4.79 Å². The Morgan fingerprint density at radius 2 is 2.29 bits per heavy atom. The van der Waals surface area contributed by atoms with Crippen molar-refractivity contribution in [1.29, 1.82) is 0 Å². The minimum atomic E-state index is -0.0262. The highest BCUT2D eigenvalue weighted by Gasteiger charge is 2.20. The van der Waals surface area contributed by atoms with Crippen molar-refractivity contribution in [1.82, 2.24) is 9.55 Å². The van der Waals surface area contributed by atoms with Crippen LogP contribution in [0.15, 0.2) is 23.0 Å². The first-order valence-electron chi connectivity index (χ1n) is 5.77. The minimum Gasteiger partial charge on any atom is -0.305 e. The Hall–Kier alpha value is -0.870. The summed E-state index contributed by atoms with van der Waals surface area (Å²) in [6, 6.07) is 5.56. The van der Waals surface area contributed by atoms with E-state index in [0.29, 0.717) is 5.02 Å². The number of fused-ring (bicyclic) bond motifs is 1. The van der Waals surface area contributed by atoms with Crippen LogP contribution in [0.5, 0.6) is 0 Å². The smallest absolute Gasteiger partial charge is 0.305 e. The van der Waals surface area contributed by atoms with Crippen molar-refractivity contribution in [3.05, 3.63) is 33.7 Å². The monoisotopic (exact) mass is 268 g/mol. The van der Waals surface area contributed by atoms with Crippen LogP contribution in [-0.4, -0.2) is 15.3 Å². The zero-order chi connectivity index (χ0) is 11.8. The topological polar surface area (TPSA) is 37.8 Å². The first kappa shape index (κ1) is 11.2. The number of halogens is 1. The number of imidazole rings is 1. The van der Waals surface area contributed by atoms with Crippen molar-refractivity contribution < 1.29 is 0 Å². The van der Waals surface area contributed by atoms with Crippen LogP contribution in [0.25, 0.3) is 11.0 Å². The molecule has 1 aromatic carbocycles. The van der Waals surface area contributed by atoms with Crippen molar-refractivity contribution >= 4 is 34.4 Å². The van der Waals surface area contributed by atoms with E-state index in [2.05, 4.69) is 4.98 Å². The fourth-order valence-corrected chi connectivity index (χ4v) is 3.82. The van der Waals surface area contributed by atoms with Gasteiger partial charge in [0.25, 0.3) is 0 Å². The second kappa shape index (κ2) is 4.42.